The highest BCUT2D eigenvalue weighted by Gasteiger charge is 2.51. The molecular weight excluding hydrogens is 406 g/mol. The van der Waals surface area contributed by atoms with Gasteiger partial charge >= 0.3 is 11.9 Å². The molecule has 0 spiro atoms. The fraction of sp³-hybridized carbons (Fsp3) is 0.192. The number of para-hydroxylation sites is 2. The number of benzene rings is 3. The maximum atomic E-state index is 13.1. The number of aliphatic carboxylic acids is 1. The Hall–Kier alpha value is -4.11. The van der Waals surface area contributed by atoms with E-state index in [-0.39, 0.29) is 6.42 Å². The van der Waals surface area contributed by atoms with Gasteiger partial charge in [0, 0.05) is 11.5 Å². The number of nitriles is 1. The monoisotopic (exact) mass is 427 g/mol. The minimum atomic E-state index is -0.942. The third-order valence-corrected chi connectivity index (χ3v) is 5.92. The molecular formula is C26H21NO5. The number of hydrogen-bond donors (Lipinski definition) is 1. The van der Waals surface area contributed by atoms with Crippen molar-refractivity contribution in [2.75, 3.05) is 7.11 Å². The van der Waals surface area contributed by atoms with E-state index in [2.05, 4.69) is 6.07 Å². The lowest BCUT2D eigenvalue weighted by atomic mass is 9.61. The van der Waals surface area contributed by atoms with E-state index in [1.165, 1.54) is 7.11 Å². The Morgan fingerprint density at radius 2 is 1.59 bits per heavy atom. The van der Waals surface area contributed by atoms with Crippen molar-refractivity contribution in [3.63, 3.8) is 0 Å². The smallest absolute Gasteiger partial charge is 0.315 e. The minimum absolute atomic E-state index is 0.204. The molecule has 0 aromatic heterocycles. The highest BCUT2D eigenvalue weighted by atomic mass is 16.5. The molecule has 0 aliphatic heterocycles. The molecule has 1 aliphatic carbocycles. The molecule has 3 unspecified atom stereocenters. The topological polar surface area (TPSA) is 96.6 Å². The van der Waals surface area contributed by atoms with Crippen LogP contribution in [0.25, 0.3) is 11.1 Å². The summed E-state index contributed by atoms with van der Waals surface area (Å²) in [5.41, 5.74) is 2.76. The van der Waals surface area contributed by atoms with Crippen molar-refractivity contribution in [2.24, 2.45) is 11.8 Å². The van der Waals surface area contributed by atoms with Crippen molar-refractivity contribution < 1.29 is 24.2 Å². The molecule has 0 saturated heterocycles. The van der Waals surface area contributed by atoms with Crippen LogP contribution in [-0.4, -0.2) is 24.2 Å². The molecule has 1 N–H and O–H groups in total. The average molecular weight is 427 g/mol. The molecule has 32 heavy (non-hydrogen) atoms. The van der Waals surface area contributed by atoms with E-state index >= 15 is 0 Å². The molecule has 1 aliphatic rings. The van der Waals surface area contributed by atoms with Gasteiger partial charge in [0.05, 0.1) is 30.6 Å². The molecule has 0 radical (unpaired) electrons. The van der Waals surface area contributed by atoms with Crippen LogP contribution >= 0.6 is 0 Å². The number of carboxylic acids is 1. The molecule has 0 bridgehead atoms. The summed E-state index contributed by atoms with van der Waals surface area (Å²) in [6, 6.07) is 23.4. The molecule has 1 saturated carbocycles. The molecule has 3 atom stereocenters. The van der Waals surface area contributed by atoms with E-state index in [4.69, 9.17) is 14.7 Å². The Morgan fingerprint density at radius 3 is 2.25 bits per heavy atom. The number of carboxylic acid groups (broad SMARTS) is 1. The van der Waals surface area contributed by atoms with Gasteiger partial charge in [-0.05, 0) is 41.8 Å². The Balaban J connectivity index is 1.61. The van der Waals surface area contributed by atoms with Crippen molar-refractivity contribution >= 4 is 11.9 Å². The number of carbonyl (C=O) groups excluding carboxylic acids is 1. The van der Waals surface area contributed by atoms with Gasteiger partial charge in [0.15, 0.2) is 0 Å². The number of ether oxygens (including phenoxy) is 2. The highest BCUT2D eigenvalue weighted by Crippen LogP contribution is 2.51. The Kier molecular flexibility index (Phi) is 5.91. The summed E-state index contributed by atoms with van der Waals surface area (Å²) in [6.45, 7) is 0. The lowest BCUT2D eigenvalue weighted by Gasteiger charge is -2.41. The predicted octanol–water partition coefficient (Wildman–Crippen LogP) is 4.64. The summed E-state index contributed by atoms with van der Waals surface area (Å²) in [4.78, 5) is 24.9. The third kappa shape index (κ3) is 3.93. The first-order valence-electron chi connectivity index (χ1n) is 10.2. The summed E-state index contributed by atoms with van der Waals surface area (Å²) in [5, 5.41) is 18.7. The van der Waals surface area contributed by atoms with Crippen molar-refractivity contribution in [1.29, 1.82) is 5.26 Å². The second kappa shape index (κ2) is 8.94. The first kappa shape index (κ1) is 21.1. The summed E-state index contributed by atoms with van der Waals surface area (Å²) < 4.78 is 11.2. The standard InChI is InChI=1S/C26H21NO5/c1-31-22-8-4-3-7-19(22)24-20(25(28)29)14-21(24)26(30)32-23-9-5-2-6-18(23)17-12-10-16(15-27)11-13-17/h2-13,20-21,24H,14H2,1H3,(H,28,29). The first-order chi connectivity index (χ1) is 15.5. The Bertz CT molecular complexity index is 1200. The van der Waals surface area contributed by atoms with Crippen molar-refractivity contribution in [1.82, 2.24) is 0 Å². The number of hydrogen-bond acceptors (Lipinski definition) is 5. The van der Waals surface area contributed by atoms with Gasteiger partial charge in [0.1, 0.15) is 11.5 Å². The molecule has 160 valence electrons. The largest absolute Gasteiger partial charge is 0.496 e. The number of carbonyl (C=O) groups is 2. The van der Waals surface area contributed by atoms with E-state index in [1.807, 2.05) is 12.1 Å². The van der Waals surface area contributed by atoms with Crippen LogP contribution in [0.15, 0.2) is 72.8 Å². The van der Waals surface area contributed by atoms with Gasteiger partial charge in [0.25, 0.3) is 0 Å². The van der Waals surface area contributed by atoms with Gasteiger partial charge in [0.2, 0.25) is 0 Å². The SMILES string of the molecule is COc1ccccc1C1C(C(=O)O)CC1C(=O)Oc1ccccc1-c1ccc(C#N)cc1. The van der Waals surface area contributed by atoms with E-state index in [9.17, 15) is 14.7 Å². The van der Waals surface area contributed by atoms with E-state index < -0.39 is 29.7 Å². The molecule has 6 heteroatoms. The van der Waals surface area contributed by atoms with Gasteiger partial charge in [-0.2, -0.15) is 5.26 Å². The maximum Gasteiger partial charge on any atom is 0.315 e. The zero-order chi connectivity index (χ0) is 22.7. The van der Waals surface area contributed by atoms with Crippen LogP contribution < -0.4 is 9.47 Å². The van der Waals surface area contributed by atoms with Crippen molar-refractivity contribution in [3.8, 4) is 28.7 Å². The van der Waals surface area contributed by atoms with Gasteiger partial charge < -0.3 is 14.6 Å². The van der Waals surface area contributed by atoms with Crippen LogP contribution in [0.3, 0.4) is 0 Å². The maximum absolute atomic E-state index is 13.1. The zero-order valence-electron chi connectivity index (χ0n) is 17.4. The third-order valence-electron chi connectivity index (χ3n) is 5.92. The summed E-state index contributed by atoms with van der Waals surface area (Å²) in [5.74, 6) is -2.28. The molecule has 3 aromatic rings. The number of esters is 1. The molecule has 0 amide bonds. The van der Waals surface area contributed by atoms with Crippen LogP contribution in [0.1, 0.15) is 23.5 Å². The van der Waals surface area contributed by atoms with Crippen LogP contribution in [-0.2, 0) is 9.59 Å². The minimum Gasteiger partial charge on any atom is -0.496 e. The van der Waals surface area contributed by atoms with Crippen LogP contribution in [0.5, 0.6) is 11.5 Å². The van der Waals surface area contributed by atoms with Gasteiger partial charge in [-0.3, -0.25) is 9.59 Å². The molecule has 6 nitrogen and oxygen atoms in total. The van der Waals surface area contributed by atoms with Crippen LogP contribution in [0.4, 0.5) is 0 Å². The highest BCUT2D eigenvalue weighted by molar-refractivity contribution is 5.85. The number of rotatable bonds is 6. The second-order valence-corrected chi connectivity index (χ2v) is 7.66. The van der Waals surface area contributed by atoms with E-state index in [0.29, 0.717) is 28.2 Å². The van der Waals surface area contributed by atoms with Crippen molar-refractivity contribution in [2.45, 2.75) is 12.3 Å². The van der Waals surface area contributed by atoms with E-state index in [1.54, 1.807) is 60.7 Å². The molecule has 3 aromatic carbocycles. The fourth-order valence-corrected chi connectivity index (χ4v) is 4.23. The Labute approximate surface area is 185 Å². The predicted molar refractivity (Wildman–Crippen MR) is 117 cm³/mol. The van der Waals surface area contributed by atoms with Crippen LogP contribution in [0, 0.1) is 23.2 Å². The summed E-state index contributed by atoms with van der Waals surface area (Å²) >= 11 is 0. The van der Waals surface area contributed by atoms with Gasteiger partial charge in [-0.15, -0.1) is 0 Å². The normalized spacial score (nSPS) is 19.3. The van der Waals surface area contributed by atoms with Crippen molar-refractivity contribution in [3.05, 3.63) is 83.9 Å². The molecule has 4 rings (SSSR count). The van der Waals surface area contributed by atoms with Gasteiger partial charge in [-0.1, -0.05) is 48.5 Å². The van der Waals surface area contributed by atoms with E-state index in [0.717, 1.165) is 5.56 Å². The zero-order valence-corrected chi connectivity index (χ0v) is 17.4. The lowest BCUT2D eigenvalue weighted by molar-refractivity contribution is -0.155. The first-order valence-corrected chi connectivity index (χ1v) is 10.2. The number of nitrogens with zero attached hydrogens (tertiary/aromatic N) is 1. The fourth-order valence-electron chi connectivity index (χ4n) is 4.23. The summed E-state index contributed by atoms with van der Waals surface area (Å²) in [7, 11) is 1.52. The van der Waals surface area contributed by atoms with Gasteiger partial charge in [-0.25, -0.2) is 0 Å². The molecule has 0 heterocycles. The second-order valence-electron chi connectivity index (χ2n) is 7.66. The summed E-state index contributed by atoms with van der Waals surface area (Å²) in [6.07, 6.45) is 0.204. The van der Waals surface area contributed by atoms with Crippen LogP contribution in [0.2, 0.25) is 0 Å². The average Bonchev–Trinajstić information content (AvgIpc) is 2.79. The quantitative estimate of drug-likeness (QED) is 0.455. The Morgan fingerprint density at radius 1 is 0.938 bits per heavy atom. The number of methoxy groups -OCH3 is 1. The molecule has 1 fully saturated rings. The lowest BCUT2D eigenvalue weighted by Crippen LogP contribution is -2.45.